The van der Waals surface area contributed by atoms with Crippen LogP contribution in [-0.4, -0.2) is 39.6 Å². The van der Waals surface area contributed by atoms with Crippen LogP contribution in [0.4, 0.5) is 18.9 Å². The molecule has 0 aromatic heterocycles. The third kappa shape index (κ3) is 5.08. The Morgan fingerprint density at radius 2 is 1.83 bits per heavy atom. The van der Waals surface area contributed by atoms with Gasteiger partial charge in [-0.05, 0) is 37.7 Å². The number of likely N-dealkylation sites (tertiary alicyclic amines) is 1. The van der Waals surface area contributed by atoms with E-state index in [2.05, 4.69) is 4.72 Å². The Kier molecular flexibility index (Phi) is 6.69. The average Bonchev–Trinajstić information content (AvgIpc) is 3.03. The number of anilines is 1. The molecule has 3 rings (SSSR count). The lowest BCUT2D eigenvalue weighted by molar-refractivity contribution is -0.139. The summed E-state index contributed by atoms with van der Waals surface area (Å²) in [6.45, 7) is 1.15. The molecule has 1 aliphatic heterocycles. The first kappa shape index (κ1) is 23.3. The van der Waals surface area contributed by atoms with Crippen molar-refractivity contribution in [1.82, 2.24) is 4.90 Å². The standard InChI is InChI=1S/C18H16Cl3F3N2O3S/c1-26-7-6-11(9-26)29-14-8-10(2-3-12(14)18(22,23)24)25-30(27,28)15-5-4-13(19)16(20)17(15)21/h2-5,8,11,25H,6-7,9H2,1H3/t11-/m1/s1. The van der Waals surface area contributed by atoms with Gasteiger partial charge < -0.3 is 9.64 Å². The smallest absolute Gasteiger partial charge is 0.419 e. The molecule has 1 aliphatic rings. The van der Waals surface area contributed by atoms with Gasteiger partial charge >= 0.3 is 6.18 Å². The molecule has 0 radical (unpaired) electrons. The maximum absolute atomic E-state index is 13.4. The highest BCUT2D eigenvalue weighted by atomic mass is 35.5. The average molecular weight is 504 g/mol. The molecule has 1 atom stereocenters. The normalized spacial score (nSPS) is 17.9. The van der Waals surface area contributed by atoms with Crippen molar-refractivity contribution in [2.75, 3.05) is 24.9 Å². The summed E-state index contributed by atoms with van der Waals surface area (Å²) < 4.78 is 73.3. The topological polar surface area (TPSA) is 58.6 Å². The number of likely N-dealkylation sites (N-methyl/N-ethyl adjacent to an activating group) is 1. The second-order valence-corrected chi connectivity index (χ2v) is 9.59. The fourth-order valence-corrected chi connectivity index (χ4v) is 5.04. The van der Waals surface area contributed by atoms with E-state index in [9.17, 15) is 21.6 Å². The van der Waals surface area contributed by atoms with E-state index in [0.717, 1.165) is 24.3 Å². The van der Waals surface area contributed by atoms with Crippen molar-refractivity contribution in [2.45, 2.75) is 23.6 Å². The van der Waals surface area contributed by atoms with Gasteiger partial charge in [-0.1, -0.05) is 34.8 Å². The number of hydrogen-bond donors (Lipinski definition) is 1. The molecule has 0 bridgehead atoms. The van der Waals surface area contributed by atoms with Crippen molar-refractivity contribution in [1.29, 1.82) is 0 Å². The number of rotatable bonds is 5. The zero-order chi connectivity index (χ0) is 22.3. The van der Waals surface area contributed by atoms with Gasteiger partial charge in [-0.25, -0.2) is 8.42 Å². The molecule has 0 spiro atoms. The van der Waals surface area contributed by atoms with E-state index in [1.54, 1.807) is 0 Å². The first-order valence-corrected chi connectivity index (χ1v) is 11.2. The van der Waals surface area contributed by atoms with Gasteiger partial charge in [0.1, 0.15) is 16.7 Å². The van der Waals surface area contributed by atoms with E-state index in [4.69, 9.17) is 39.5 Å². The molecule has 1 saturated heterocycles. The molecule has 5 nitrogen and oxygen atoms in total. The monoisotopic (exact) mass is 502 g/mol. The van der Waals surface area contributed by atoms with Crippen LogP contribution in [0.1, 0.15) is 12.0 Å². The molecule has 1 N–H and O–H groups in total. The molecular formula is C18H16Cl3F3N2O3S. The van der Waals surface area contributed by atoms with Gasteiger partial charge in [0.25, 0.3) is 10.0 Å². The second-order valence-electron chi connectivity index (χ2n) is 6.78. The van der Waals surface area contributed by atoms with Crippen LogP contribution in [0.2, 0.25) is 15.1 Å². The lowest BCUT2D eigenvalue weighted by Crippen LogP contribution is -2.23. The van der Waals surface area contributed by atoms with Crippen LogP contribution in [0, 0.1) is 0 Å². The van der Waals surface area contributed by atoms with Crippen LogP contribution >= 0.6 is 34.8 Å². The van der Waals surface area contributed by atoms with E-state index in [-0.39, 0.29) is 25.7 Å². The first-order valence-electron chi connectivity index (χ1n) is 8.61. The predicted molar refractivity (Wildman–Crippen MR) is 110 cm³/mol. The van der Waals surface area contributed by atoms with Crippen molar-refractivity contribution in [3.8, 4) is 5.75 Å². The highest BCUT2D eigenvalue weighted by Gasteiger charge is 2.36. The van der Waals surface area contributed by atoms with E-state index < -0.39 is 33.6 Å². The highest BCUT2D eigenvalue weighted by molar-refractivity contribution is 7.92. The number of nitrogens with zero attached hydrogens (tertiary/aromatic N) is 1. The number of alkyl halides is 3. The van der Waals surface area contributed by atoms with Crippen LogP contribution in [-0.2, 0) is 16.2 Å². The zero-order valence-electron chi connectivity index (χ0n) is 15.4. The van der Waals surface area contributed by atoms with Gasteiger partial charge in [-0.2, -0.15) is 13.2 Å². The summed E-state index contributed by atoms with van der Waals surface area (Å²) in [5, 5.41) is -0.385. The summed E-state index contributed by atoms with van der Waals surface area (Å²) in [7, 11) is -2.42. The van der Waals surface area contributed by atoms with Crippen molar-refractivity contribution in [2.24, 2.45) is 0 Å². The molecule has 164 valence electrons. The van der Waals surface area contributed by atoms with Crippen LogP contribution < -0.4 is 9.46 Å². The van der Waals surface area contributed by atoms with Crippen LogP contribution in [0.3, 0.4) is 0 Å². The van der Waals surface area contributed by atoms with Gasteiger partial charge in [0.15, 0.2) is 0 Å². The van der Waals surface area contributed by atoms with E-state index in [0.29, 0.717) is 19.5 Å². The summed E-state index contributed by atoms with van der Waals surface area (Å²) in [5.41, 5.74) is -1.11. The Balaban J connectivity index is 1.94. The first-order chi connectivity index (χ1) is 13.9. The minimum atomic E-state index is -4.66. The van der Waals surface area contributed by atoms with Gasteiger partial charge in [0.05, 0.1) is 26.3 Å². The molecule has 0 saturated carbocycles. The molecule has 12 heteroatoms. The summed E-state index contributed by atoms with van der Waals surface area (Å²) in [5.74, 6) is -0.455. The molecule has 1 fully saturated rings. The van der Waals surface area contributed by atoms with Crippen molar-refractivity contribution in [3.05, 3.63) is 51.0 Å². The van der Waals surface area contributed by atoms with Gasteiger partial charge in [-0.15, -0.1) is 0 Å². The molecule has 2 aromatic carbocycles. The summed E-state index contributed by atoms with van der Waals surface area (Å²) in [6, 6.07) is 5.17. The fourth-order valence-electron chi connectivity index (χ4n) is 3.01. The number of ether oxygens (including phenoxy) is 1. The number of halogens is 6. The Morgan fingerprint density at radius 1 is 1.13 bits per heavy atom. The van der Waals surface area contributed by atoms with Crippen LogP contribution in [0.5, 0.6) is 5.75 Å². The minimum Gasteiger partial charge on any atom is -0.488 e. The maximum atomic E-state index is 13.4. The molecule has 30 heavy (non-hydrogen) atoms. The molecule has 1 heterocycles. The third-order valence-electron chi connectivity index (χ3n) is 4.47. The quantitative estimate of drug-likeness (QED) is 0.544. The Hall–Kier alpha value is -1.39. The maximum Gasteiger partial charge on any atom is 0.419 e. The summed E-state index contributed by atoms with van der Waals surface area (Å²) >= 11 is 17.7. The zero-order valence-corrected chi connectivity index (χ0v) is 18.5. The van der Waals surface area contributed by atoms with Crippen molar-refractivity contribution < 1.29 is 26.3 Å². The number of hydrogen-bond acceptors (Lipinski definition) is 4. The summed E-state index contributed by atoms with van der Waals surface area (Å²) in [6.07, 6.45) is -4.54. The third-order valence-corrected chi connectivity index (χ3v) is 7.30. The number of nitrogens with one attached hydrogen (secondary N) is 1. The minimum absolute atomic E-state index is 0.0624. The molecule has 2 aromatic rings. The van der Waals surface area contributed by atoms with Gasteiger partial charge in [-0.3, -0.25) is 4.72 Å². The van der Waals surface area contributed by atoms with Crippen LogP contribution in [0.15, 0.2) is 35.2 Å². The van der Waals surface area contributed by atoms with Gasteiger partial charge in [0, 0.05) is 19.2 Å². The number of benzene rings is 2. The fraction of sp³-hybridized carbons (Fsp3) is 0.333. The van der Waals surface area contributed by atoms with E-state index in [1.807, 2.05) is 11.9 Å². The van der Waals surface area contributed by atoms with E-state index >= 15 is 0 Å². The molecule has 0 unspecified atom stereocenters. The number of sulfonamides is 1. The molecular weight excluding hydrogens is 488 g/mol. The van der Waals surface area contributed by atoms with Gasteiger partial charge in [0.2, 0.25) is 0 Å². The lowest BCUT2D eigenvalue weighted by atomic mass is 10.1. The molecule has 0 aliphatic carbocycles. The Labute approximate surface area is 186 Å². The molecule has 0 amide bonds. The second kappa shape index (κ2) is 8.63. The largest absolute Gasteiger partial charge is 0.488 e. The lowest BCUT2D eigenvalue weighted by Gasteiger charge is -2.19. The van der Waals surface area contributed by atoms with Crippen molar-refractivity contribution in [3.63, 3.8) is 0 Å². The Bertz CT molecular complexity index is 1060. The van der Waals surface area contributed by atoms with Crippen molar-refractivity contribution >= 4 is 50.5 Å². The SMILES string of the molecule is CN1CC[C@@H](Oc2cc(NS(=O)(=O)c3ccc(Cl)c(Cl)c3Cl)ccc2C(F)(F)F)C1. The Morgan fingerprint density at radius 3 is 2.43 bits per heavy atom. The van der Waals surface area contributed by atoms with Crippen LogP contribution in [0.25, 0.3) is 0 Å². The predicted octanol–water partition coefficient (Wildman–Crippen LogP) is 5.55. The summed E-state index contributed by atoms with van der Waals surface area (Å²) in [4.78, 5) is 1.56. The van der Waals surface area contributed by atoms with E-state index in [1.165, 1.54) is 6.07 Å². The highest BCUT2D eigenvalue weighted by Crippen LogP contribution is 2.40.